The molecule has 0 aliphatic heterocycles. The number of aliphatic hydroxyl groups is 1. The first kappa shape index (κ1) is 42.7. The van der Waals surface area contributed by atoms with Crippen molar-refractivity contribution in [2.24, 2.45) is 5.16 Å². The molecule has 6 rings (SSSR count). The Morgan fingerprint density at radius 2 is 0.983 bits per heavy atom. The van der Waals surface area contributed by atoms with Gasteiger partial charge in [-0.25, -0.2) is 0 Å². The van der Waals surface area contributed by atoms with Gasteiger partial charge in [-0.1, -0.05) is 109 Å². The zero-order valence-electron chi connectivity index (χ0n) is 33.8. The average molecular weight is 797 g/mol. The molecule has 1 N–H and O–H groups in total. The van der Waals surface area contributed by atoms with Crippen LogP contribution in [0.4, 0.5) is 0 Å². The van der Waals surface area contributed by atoms with Crippen molar-refractivity contribution >= 4 is 15.8 Å². The number of rotatable bonds is 13. The Hall–Kier alpha value is -6.41. The minimum atomic E-state index is -4.07. The predicted molar refractivity (Wildman–Crippen MR) is 227 cm³/mol. The molecule has 0 radical (unpaired) electrons. The van der Waals surface area contributed by atoms with Gasteiger partial charge in [0, 0.05) is 16.4 Å². The van der Waals surface area contributed by atoms with E-state index in [2.05, 4.69) is 90.9 Å². The van der Waals surface area contributed by atoms with Gasteiger partial charge >= 0.3 is 10.1 Å². The summed E-state index contributed by atoms with van der Waals surface area (Å²) < 4.78 is 44.5. The summed E-state index contributed by atoms with van der Waals surface area (Å²) >= 11 is 0. The van der Waals surface area contributed by atoms with Crippen LogP contribution in [0.3, 0.4) is 0 Å². The molecule has 6 aromatic rings. The quantitative estimate of drug-likeness (QED) is 0.0696. The van der Waals surface area contributed by atoms with Crippen molar-refractivity contribution in [2.45, 2.75) is 50.0 Å². The third-order valence-electron chi connectivity index (χ3n) is 10.4. The van der Waals surface area contributed by atoms with Gasteiger partial charge in [0.15, 0.2) is 5.71 Å². The highest BCUT2D eigenvalue weighted by Crippen LogP contribution is 2.41. The lowest BCUT2D eigenvalue weighted by atomic mass is 9.70. The summed E-state index contributed by atoms with van der Waals surface area (Å²) in [6.45, 7) is 8.65. The van der Waals surface area contributed by atoms with Gasteiger partial charge in [0.25, 0.3) is 0 Å². The average Bonchev–Trinajstić information content (AvgIpc) is 3.27. The van der Waals surface area contributed by atoms with Gasteiger partial charge in [0.1, 0.15) is 28.2 Å². The lowest BCUT2D eigenvalue weighted by Gasteiger charge is -2.33. The summed E-state index contributed by atoms with van der Waals surface area (Å²) in [5.41, 5.74) is 7.65. The Morgan fingerprint density at radius 1 is 0.603 bits per heavy atom. The fraction of sp³-hybridized carbons (Fsp3) is 0.208. The summed E-state index contributed by atoms with van der Waals surface area (Å²) in [6.07, 6.45) is 0. The summed E-state index contributed by atoms with van der Waals surface area (Å²) in [4.78, 5) is -0.0288. The van der Waals surface area contributed by atoms with E-state index < -0.39 is 10.1 Å². The molecule has 0 fully saturated rings. The first-order chi connectivity index (χ1) is 27.8. The molecule has 298 valence electrons. The maximum Gasteiger partial charge on any atom is 0.358 e. The van der Waals surface area contributed by atoms with E-state index >= 15 is 0 Å². The van der Waals surface area contributed by atoms with Crippen molar-refractivity contribution in [2.75, 3.05) is 21.3 Å². The highest BCUT2D eigenvalue weighted by atomic mass is 32.2. The van der Waals surface area contributed by atoms with Crippen LogP contribution in [-0.4, -0.2) is 40.6 Å². The van der Waals surface area contributed by atoms with Gasteiger partial charge in [0.2, 0.25) is 0 Å². The number of benzene rings is 6. The molecule has 6 aromatic carbocycles. The van der Waals surface area contributed by atoms with Crippen LogP contribution in [0, 0.1) is 18.3 Å². The Kier molecular flexibility index (Phi) is 13.8. The maximum atomic E-state index is 12.0. The minimum absolute atomic E-state index is 0.0288. The van der Waals surface area contributed by atoms with Gasteiger partial charge < -0.3 is 19.3 Å². The maximum absolute atomic E-state index is 12.0. The Labute approximate surface area is 341 Å². The fourth-order valence-corrected chi connectivity index (χ4v) is 7.21. The monoisotopic (exact) mass is 796 g/mol. The van der Waals surface area contributed by atoms with E-state index in [1.165, 1.54) is 47.1 Å². The number of nitriles is 1. The van der Waals surface area contributed by atoms with Crippen LogP contribution in [-0.2, 0) is 31.8 Å². The molecule has 0 atom stereocenters. The van der Waals surface area contributed by atoms with Crippen molar-refractivity contribution in [3.05, 3.63) is 190 Å². The van der Waals surface area contributed by atoms with Crippen LogP contribution in [0.25, 0.3) is 0 Å². The lowest BCUT2D eigenvalue weighted by Crippen LogP contribution is -2.26. The Bertz CT molecular complexity index is 2390. The highest BCUT2D eigenvalue weighted by Gasteiger charge is 2.32. The normalized spacial score (nSPS) is 11.7. The summed E-state index contributed by atoms with van der Waals surface area (Å²) in [5, 5.41) is 22.0. The number of aliphatic hydroxyl groups excluding tert-OH is 1. The van der Waals surface area contributed by atoms with E-state index in [0.29, 0.717) is 11.3 Å². The number of ether oxygens (including phenoxy) is 3. The molecule has 0 unspecified atom stereocenters. The predicted octanol–water partition coefficient (Wildman–Crippen LogP) is 9.51. The lowest BCUT2D eigenvalue weighted by molar-refractivity contribution is 0.282. The largest absolute Gasteiger partial charge is 0.497 e. The van der Waals surface area contributed by atoms with Crippen LogP contribution in [0.5, 0.6) is 17.2 Å². The summed E-state index contributed by atoms with van der Waals surface area (Å²) in [5.74, 6) is 2.30. The highest BCUT2D eigenvalue weighted by molar-refractivity contribution is 7.86. The third kappa shape index (κ3) is 9.75. The SMILES string of the molecule is COc1ccc(/C(C#N)=N/OS(=O)(=O)c2ccc(C)cc2)cc1.COc1ccc(C(C)(c2ccc(OC)cc2)c2ccc(C(C)(C)c3ccc(CO)cc3)cc2)cc1. The van der Waals surface area contributed by atoms with Crippen molar-refractivity contribution in [1.29, 1.82) is 5.26 Å². The second-order valence-corrected chi connectivity index (χ2v) is 15.8. The van der Waals surface area contributed by atoms with Crippen molar-refractivity contribution in [3.8, 4) is 23.3 Å². The molecule has 0 spiro atoms. The van der Waals surface area contributed by atoms with Crippen LogP contribution in [0.15, 0.2) is 156 Å². The number of nitrogens with zero attached hydrogens (tertiary/aromatic N) is 2. The van der Waals surface area contributed by atoms with Crippen molar-refractivity contribution in [3.63, 3.8) is 0 Å². The van der Waals surface area contributed by atoms with Gasteiger partial charge in [-0.15, -0.1) is 0 Å². The topological polar surface area (TPSA) is 127 Å². The number of oxime groups is 1. The molecule has 9 nitrogen and oxygen atoms in total. The zero-order valence-corrected chi connectivity index (χ0v) is 34.6. The number of hydrogen-bond acceptors (Lipinski definition) is 9. The van der Waals surface area contributed by atoms with Gasteiger partial charge in [0.05, 0.1) is 27.9 Å². The third-order valence-corrected chi connectivity index (χ3v) is 11.5. The van der Waals surface area contributed by atoms with Crippen molar-refractivity contribution in [1.82, 2.24) is 0 Å². The standard InChI is InChI=1S/C32H34O3.C16H14N2O4S/c1-31(2,24-8-6-23(22-33)7-9-24)25-10-12-26(13-11-25)32(3,27-14-18-29(34-4)19-15-27)28-16-20-30(35-5)21-17-28;1-12-3-9-15(10-4-12)23(19,20)22-18-16(11-17)13-5-7-14(21-2)8-6-13/h6-21,33H,22H2,1-5H3;3-10H,1-2H3/b;18-16+. The summed E-state index contributed by atoms with van der Waals surface area (Å²) in [6, 6.07) is 48.2. The smallest absolute Gasteiger partial charge is 0.358 e. The molecule has 0 heterocycles. The second kappa shape index (κ2) is 18.7. The van der Waals surface area contributed by atoms with Gasteiger partial charge in [-0.3, -0.25) is 4.28 Å². The van der Waals surface area contributed by atoms with Gasteiger partial charge in [-0.2, -0.15) is 13.7 Å². The molecule has 0 aliphatic rings. The fourth-order valence-electron chi connectivity index (χ4n) is 6.48. The molecule has 58 heavy (non-hydrogen) atoms. The van der Waals surface area contributed by atoms with E-state index in [0.717, 1.165) is 22.6 Å². The Morgan fingerprint density at radius 3 is 1.38 bits per heavy atom. The Balaban J connectivity index is 0.000000242. The van der Waals surface area contributed by atoms with Crippen LogP contribution in [0.2, 0.25) is 0 Å². The van der Waals surface area contributed by atoms with Crippen LogP contribution < -0.4 is 14.2 Å². The van der Waals surface area contributed by atoms with E-state index in [9.17, 15) is 13.5 Å². The van der Waals surface area contributed by atoms with E-state index in [4.69, 9.17) is 19.5 Å². The molecule has 0 amide bonds. The second-order valence-electron chi connectivity index (χ2n) is 14.3. The first-order valence-electron chi connectivity index (χ1n) is 18.5. The molecule has 0 saturated heterocycles. The van der Waals surface area contributed by atoms with Crippen LogP contribution >= 0.6 is 0 Å². The number of hydrogen-bond donors (Lipinski definition) is 1. The molecule has 0 aliphatic carbocycles. The molecule has 0 saturated carbocycles. The molecule has 10 heteroatoms. The number of aryl methyl sites for hydroxylation is 1. The van der Waals surface area contributed by atoms with Gasteiger partial charge in [-0.05, 0) is 108 Å². The minimum Gasteiger partial charge on any atom is -0.497 e. The van der Waals surface area contributed by atoms with Crippen LogP contribution in [0.1, 0.15) is 65.3 Å². The molecule has 0 bridgehead atoms. The molecule has 0 aromatic heterocycles. The first-order valence-corrected chi connectivity index (χ1v) is 19.9. The molecular formula is C48H48N2O7S. The number of methoxy groups -OCH3 is 3. The van der Waals surface area contributed by atoms with E-state index in [1.54, 1.807) is 50.6 Å². The summed E-state index contributed by atoms with van der Waals surface area (Å²) in [7, 11) is 0.833. The zero-order chi connectivity index (χ0) is 41.9. The molecular weight excluding hydrogens is 749 g/mol. The van der Waals surface area contributed by atoms with Crippen molar-refractivity contribution < 1.29 is 32.0 Å². The van der Waals surface area contributed by atoms with E-state index in [1.807, 2.05) is 49.4 Å². The van der Waals surface area contributed by atoms with E-state index in [-0.39, 0.29) is 28.0 Å².